The average Bonchev–Trinajstić information content (AvgIpc) is 2.58. The Morgan fingerprint density at radius 1 is 1.20 bits per heavy atom. The fourth-order valence-corrected chi connectivity index (χ4v) is 2.89. The van der Waals surface area contributed by atoms with Gasteiger partial charge in [-0.15, -0.1) is 24.8 Å². The molecule has 0 bridgehead atoms. The van der Waals surface area contributed by atoms with Crippen molar-refractivity contribution in [1.29, 1.82) is 0 Å². The zero-order chi connectivity index (χ0) is 16.7. The lowest BCUT2D eigenvalue weighted by Crippen LogP contribution is -2.41. The highest BCUT2D eigenvalue weighted by molar-refractivity contribution is 5.94. The van der Waals surface area contributed by atoms with E-state index in [2.05, 4.69) is 29.2 Å². The first-order valence-electron chi connectivity index (χ1n) is 8.52. The van der Waals surface area contributed by atoms with Gasteiger partial charge in [-0.25, -0.2) is 0 Å². The van der Waals surface area contributed by atoms with Crippen LogP contribution in [-0.2, 0) is 6.54 Å². The summed E-state index contributed by atoms with van der Waals surface area (Å²) in [4.78, 5) is 16.9. The number of likely N-dealkylation sites (tertiary alicyclic amines) is 1. The van der Waals surface area contributed by atoms with Gasteiger partial charge < -0.3 is 20.9 Å². The number of hydrogen-bond acceptors (Lipinski definition) is 4. The van der Waals surface area contributed by atoms with E-state index >= 15 is 0 Å². The lowest BCUT2D eigenvalue weighted by molar-refractivity contribution is 0.0935. The zero-order valence-corrected chi connectivity index (χ0v) is 16.9. The van der Waals surface area contributed by atoms with Gasteiger partial charge >= 0.3 is 0 Å². The van der Waals surface area contributed by atoms with Crippen LogP contribution in [0.4, 0.5) is 0 Å². The molecule has 5 nitrogen and oxygen atoms in total. The van der Waals surface area contributed by atoms with Gasteiger partial charge in [-0.1, -0.05) is 12.1 Å². The minimum Gasteiger partial charge on any atom is -0.352 e. The summed E-state index contributed by atoms with van der Waals surface area (Å²) in [6.07, 6.45) is 2.33. The van der Waals surface area contributed by atoms with E-state index in [1.54, 1.807) is 0 Å². The predicted octanol–water partition coefficient (Wildman–Crippen LogP) is 1.99. The predicted molar refractivity (Wildman–Crippen MR) is 109 cm³/mol. The molecule has 1 aliphatic heterocycles. The summed E-state index contributed by atoms with van der Waals surface area (Å²) in [5.74, 6) is 0.612. The van der Waals surface area contributed by atoms with Crippen molar-refractivity contribution in [2.45, 2.75) is 19.4 Å². The number of nitrogens with two attached hydrogens (primary N) is 1. The maximum atomic E-state index is 12.2. The van der Waals surface area contributed by atoms with Crippen molar-refractivity contribution >= 4 is 30.7 Å². The quantitative estimate of drug-likeness (QED) is 0.747. The number of halogens is 2. The maximum absolute atomic E-state index is 12.2. The van der Waals surface area contributed by atoms with Gasteiger partial charge in [-0.05, 0) is 63.6 Å². The van der Waals surface area contributed by atoms with E-state index in [1.807, 2.05) is 24.3 Å². The fraction of sp³-hybridized carbons (Fsp3) is 0.611. The van der Waals surface area contributed by atoms with E-state index in [0.29, 0.717) is 18.0 Å². The van der Waals surface area contributed by atoms with E-state index in [-0.39, 0.29) is 30.7 Å². The summed E-state index contributed by atoms with van der Waals surface area (Å²) < 4.78 is 0. The molecule has 3 N–H and O–H groups in total. The van der Waals surface area contributed by atoms with Crippen molar-refractivity contribution in [2.75, 3.05) is 46.8 Å². The molecule has 1 heterocycles. The van der Waals surface area contributed by atoms with E-state index in [1.165, 1.54) is 12.8 Å². The summed E-state index contributed by atoms with van der Waals surface area (Å²) in [7, 11) is 4.23. The van der Waals surface area contributed by atoms with Crippen LogP contribution in [0.5, 0.6) is 0 Å². The second kappa shape index (κ2) is 12.5. The molecular weight excluding hydrogens is 359 g/mol. The summed E-state index contributed by atoms with van der Waals surface area (Å²) >= 11 is 0. The number of benzene rings is 1. The number of amides is 1. The smallest absolute Gasteiger partial charge is 0.251 e. The van der Waals surface area contributed by atoms with Gasteiger partial charge in [0.15, 0.2) is 0 Å². The third kappa shape index (κ3) is 8.38. The number of carbonyl (C=O) groups is 1. The number of nitrogens with zero attached hydrogens (tertiary/aromatic N) is 2. The zero-order valence-electron chi connectivity index (χ0n) is 15.2. The first-order valence-corrected chi connectivity index (χ1v) is 8.52. The lowest BCUT2D eigenvalue weighted by Gasteiger charge is -2.32. The SMILES string of the molecule is CN(C)CCN1CCC(CNC(=O)c2ccc(CN)cc2)CC1.Cl.Cl. The third-order valence-electron chi connectivity index (χ3n) is 4.57. The number of likely N-dealkylation sites (N-methyl/N-ethyl adjacent to an activating group) is 1. The highest BCUT2D eigenvalue weighted by atomic mass is 35.5. The molecule has 0 aromatic heterocycles. The van der Waals surface area contributed by atoms with Gasteiger partial charge in [-0.2, -0.15) is 0 Å². The van der Waals surface area contributed by atoms with Crippen LogP contribution in [0.15, 0.2) is 24.3 Å². The lowest BCUT2D eigenvalue weighted by atomic mass is 9.96. The van der Waals surface area contributed by atoms with Crippen molar-refractivity contribution in [2.24, 2.45) is 11.7 Å². The molecule has 1 aromatic rings. The second-order valence-electron chi connectivity index (χ2n) is 6.70. The highest BCUT2D eigenvalue weighted by Crippen LogP contribution is 2.16. The van der Waals surface area contributed by atoms with E-state index in [0.717, 1.165) is 38.3 Å². The second-order valence-corrected chi connectivity index (χ2v) is 6.70. The molecule has 0 unspecified atom stereocenters. The highest BCUT2D eigenvalue weighted by Gasteiger charge is 2.19. The normalized spacial score (nSPS) is 15.4. The first kappa shape index (κ1) is 24.1. The maximum Gasteiger partial charge on any atom is 0.251 e. The van der Waals surface area contributed by atoms with Crippen LogP contribution >= 0.6 is 24.8 Å². The summed E-state index contributed by atoms with van der Waals surface area (Å²) in [6, 6.07) is 7.53. The Hall–Kier alpha value is -0.850. The van der Waals surface area contributed by atoms with E-state index in [4.69, 9.17) is 5.73 Å². The monoisotopic (exact) mass is 390 g/mol. The van der Waals surface area contributed by atoms with Crippen LogP contribution in [0.2, 0.25) is 0 Å². The summed E-state index contributed by atoms with van der Waals surface area (Å²) in [6.45, 7) is 5.81. The Morgan fingerprint density at radius 3 is 2.32 bits per heavy atom. The molecule has 7 heteroatoms. The standard InChI is InChI=1S/C18H30N4O.2ClH/c1-21(2)11-12-22-9-7-16(8-10-22)14-20-18(23)17-5-3-15(13-19)4-6-17;;/h3-6,16H,7-14,19H2,1-2H3,(H,20,23);2*1H. The van der Waals surface area contributed by atoms with Gasteiger partial charge in [0.25, 0.3) is 5.91 Å². The van der Waals surface area contributed by atoms with Crippen LogP contribution in [0, 0.1) is 5.92 Å². The van der Waals surface area contributed by atoms with Crippen molar-refractivity contribution in [3.05, 3.63) is 35.4 Å². The molecule has 1 fully saturated rings. The average molecular weight is 391 g/mol. The molecule has 1 saturated heterocycles. The molecule has 2 rings (SSSR count). The van der Waals surface area contributed by atoms with Gasteiger partial charge in [0.05, 0.1) is 0 Å². The molecule has 25 heavy (non-hydrogen) atoms. The number of nitrogens with one attached hydrogen (secondary N) is 1. The molecule has 0 atom stereocenters. The molecule has 0 aliphatic carbocycles. The molecule has 1 aromatic carbocycles. The van der Waals surface area contributed by atoms with Gasteiger partial charge in [0.2, 0.25) is 0 Å². The van der Waals surface area contributed by atoms with Crippen LogP contribution in [-0.4, -0.2) is 62.5 Å². The van der Waals surface area contributed by atoms with Crippen LogP contribution in [0.1, 0.15) is 28.8 Å². The van der Waals surface area contributed by atoms with Gasteiger partial charge in [0.1, 0.15) is 0 Å². The number of hydrogen-bond donors (Lipinski definition) is 2. The molecule has 0 saturated carbocycles. The van der Waals surface area contributed by atoms with Crippen LogP contribution in [0.25, 0.3) is 0 Å². The van der Waals surface area contributed by atoms with Crippen molar-refractivity contribution in [1.82, 2.24) is 15.1 Å². The Morgan fingerprint density at radius 2 is 1.80 bits per heavy atom. The number of rotatable bonds is 7. The summed E-state index contributed by atoms with van der Waals surface area (Å²) in [5.41, 5.74) is 7.34. The van der Waals surface area contributed by atoms with E-state index in [9.17, 15) is 4.79 Å². The Labute approximate surface area is 164 Å². The Balaban J connectivity index is 0.00000288. The molecule has 0 spiro atoms. The van der Waals surface area contributed by atoms with Gasteiger partial charge in [-0.3, -0.25) is 4.79 Å². The molecular formula is C18H32Cl2N4O. The Bertz CT molecular complexity index is 488. The molecule has 1 aliphatic rings. The molecule has 1 amide bonds. The molecule has 144 valence electrons. The fourth-order valence-electron chi connectivity index (χ4n) is 2.89. The molecule has 0 radical (unpaired) electrons. The summed E-state index contributed by atoms with van der Waals surface area (Å²) in [5, 5.41) is 3.07. The largest absolute Gasteiger partial charge is 0.352 e. The van der Waals surface area contributed by atoms with Crippen molar-refractivity contribution < 1.29 is 4.79 Å². The van der Waals surface area contributed by atoms with Crippen molar-refractivity contribution in [3.8, 4) is 0 Å². The first-order chi connectivity index (χ1) is 11.1. The van der Waals surface area contributed by atoms with Crippen molar-refractivity contribution in [3.63, 3.8) is 0 Å². The topological polar surface area (TPSA) is 61.6 Å². The number of carbonyl (C=O) groups excluding carboxylic acids is 1. The van der Waals surface area contributed by atoms with Crippen LogP contribution in [0.3, 0.4) is 0 Å². The minimum atomic E-state index is 0. The Kier molecular flexibility index (Phi) is 12.1. The number of piperidine rings is 1. The third-order valence-corrected chi connectivity index (χ3v) is 4.57. The van der Waals surface area contributed by atoms with Gasteiger partial charge in [0, 0.05) is 31.7 Å². The minimum absolute atomic E-state index is 0. The van der Waals surface area contributed by atoms with E-state index < -0.39 is 0 Å². The van der Waals surface area contributed by atoms with Crippen LogP contribution < -0.4 is 11.1 Å².